The van der Waals surface area contributed by atoms with E-state index in [4.69, 9.17) is 10.5 Å². The van der Waals surface area contributed by atoms with Crippen LogP contribution >= 0.6 is 0 Å². The second kappa shape index (κ2) is 22.2. The van der Waals surface area contributed by atoms with E-state index >= 15 is 0 Å². The Morgan fingerprint density at radius 3 is 1.93 bits per heavy atom. The van der Waals surface area contributed by atoms with Crippen LogP contribution in [0, 0.1) is 5.41 Å². The highest BCUT2D eigenvalue weighted by atomic mass is 16.3. The van der Waals surface area contributed by atoms with E-state index < -0.39 is 0 Å². The van der Waals surface area contributed by atoms with Gasteiger partial charge >= 0.3 is 0 Å². The first-order chi connectivity index (χ1) is 20.1. The summed E-state index contributed by atoms with van der Waals surface area (Å²) in [5, 5.41) is 28.3. The minimum Gasteiger partial charge on any atom is -0.395 e. The Labute approximate surface area is 248 Å². The van der Waals surface area contributed by atoms with Gasteiger partial charge in [0.1, 0.15) is 0 Å². The highest BCUT2D eigenvalue weighted by Crippen LogP contribution is 2.22. The van der Waals surface area contributed by atoms with Gasteiger partial charge in [-0.15, -0.1) is 6.58 Å². The lowest BCUT2D eigenvalue weighted by molar-refractivity contribution is 0.238. The first kappa shape index (κ1) is 35.5. The van der Waals surface area contributed by atoms with Crippen LogP contribution in [0.5, 0.6) is 0 Å². The van der Waals surface area contributed by atoms with Gasteiger partial charge in [-0.25, -0.2) is 0 Å². The quantitative estimate of drug-likeness (QED) is 0.110. The topological polar surface area (TPSA) is 76.3 Å². The van der Waals surface area contributed by atoms with Crippen molar-refractivity contribution in [2.75, 3.05) is 13.2 Å². The van der Waals surface area contributed by atoms with Gasteiger partial charge in [0.15, 0.2) is 0 Å². The first-order valence-corrected chi connectivity index (χ1v) is 14.7. The van der Waals surface area contributed by atoms with Gasteiger partial charge in [0, 0.05) is 24.7 Å². The molecule has 0 heterocycles. The van der Waals surface area contributed by atoms with Crippen LogP contribution in [0.4, 0.5) is 0 Å². The van der Waals surface area contributed by atoms with Crippen LogP contribution in [-0.4, -0.2) is 35.6 Å². The molecule has 3 aromatic rings. The second-order valence-electron chi connectivity index (χ2n) is 9.42. The van der Waals surface area contributed by atoms with Crippen molar-refractivity contribution >= 4 is 11.8 Å². The van der Waals surface area contributed by atoms with Gasteiger partial charge in [0.2, 0.25) is 0 Å². The van der Waals surface area contributed by atoms with E-state index in [-0.39, 0.29) is 25.2 Å². The maximum absolute atomic E-state index is 9.24. The van der Waals surface area contributed by atoms with Gasteiger partial charge < -0.3 is 20.9 Å². The monoisotopic (exact) mass is 554 g/mol. The van der Waals surface area contributed by atoms with Crippen molar-refractivity contribution in [1.82, 2.24) is 5.32 Å². The summed E-state index contributed by atoms with van der Waals surface area (Å²) in [7, 11) is 0. The van der Waals surface area contributed by atoms with E-state index in [1.807, 2.05) is 62.4 Å². The minimum atomic E-state index is 0.129. The molecule has 3 aromatic carbocycles. The zero-order chi connectivity index (χ0) is 30.3. The molecule has 0 aromatic heterocycles. The molecule has 1 unspecified atom stereocenters. The van der Waals surface area contributed by atoms with Crippen LogP contribution < -0.4 is 5.32 Å². The molecule has 0 bridgehead atoms. The van der Waals surface area contributed by atoms with E-state index in [1.54, 1.807) is 23.3 Å². The predicted molar refractivity (Wildman–Crippen MR) is 178 cm³/mol. The first-order valence-electron chi connectivity index (χ1n) is 14.7. The van der Waals surface area contributed by atoms with Gasteiger partial charge in [0.25, 0.3) is 0 Å². The molecule has 4 heteroatoms. The number of nitrogens with one attached hydrogen (secondary N) is 2. The van der Waals surface area contributed by atoms with Gasteiger partial charge in [-0.3, -0.25) is 0 Å². The third-order valence-corrected chi connectivity index (χ3v) is 6.82. The summed E-state index contributed by atoms with van der Waals surface area (Å²) >= 11 is 0. The summed E-state index contributed by atoms with van der Waals surface area (Å²) in [5.41, 5.74) is 7.25. The van der Waals surface area contributed by atoms with Crippen molar-refractivity contribution in [1.29, 1.82) is 5.41 Å². The Kier molecular flexibility index (Phi) is 19.2. The Morgan fingerprint density at radius 2 is 1.49 bits per heavy atom. The van der Waals surface area contributed by atoms with E-state index in [2.05, 4.69) is 61.8 Å². The van der Waals surface area contributed by atoms with E-state index in [0.29, 0.717) is 0 Å². The van der Waals surface area contributed by atoms with Crippen molar-refractivity contribution in [2.45, 2.75) is 65.0 Å². The smallest absolute Gasteiger partial charge is 0.0681 e. The molecule has 4 nitrogen and oxygen atoms in total. The lowest BCUT2D eigenvalue weighted by Crippen LogP contribution is -2.34. The van der Waals surface area contributed by atoms with Crippen LogP contribution in [0.25, 0.3) is 5.57 Å². The third-order valence-electron chi connectivity index (χ3n) is 6.82. The molecule has 0 spiro atoms. The number of hydrogen-bond donors (Lipinski definition) is 4. The number of aryl methyl sites for hydroxylation is 2. The standard InChI is InChI=1S/C19H26N2O.C9H10.C7H8O.C2H6/c1-4-15(11-12-20)17-7-9-18(10-8-17)16(5-2)13-21-19(6-3)14-22;1-2-5-9-7-3-6-8(9)4-1;8-6-7-4-2-1-3-5-7;1-2/h4-5,7-12,16,19-22H,1-2,6,13-14H2,3H3;1-2,4-5H,3,6-7H2;1-5,8H,6H2;1-2H3/b15-11+,20-12?;;;/t16?,19-;;;/m1.../s1. The predicted octanol–water partition coefficient (Wildman–Crippen LogP) is 7.92. The van der Waals surface area contributed by atoms with Gasteiger partial charge in [0.05, 0.1) is 13.2 Å². The van der Waals surface area contributed by atoms with Gasteiger partial charge in [-0.05, 0) is 65.1 Å². The highest BCUT2D eigenvalue weighted by molar-refractivity contribution is 5.87. The van der Waals surface area contributed by atoms with Crippen molar-refractivity contribution in [3.05, 3.63) is 138 Å². The maximum Gasteiger partial charge on any atom is 0.0681 e. The summed E-state index contributed by atoms with van der Waals surface area (Å²) in [4.78, 5) is 0. The summed E-state index contributed by atoms with van der Waals surface area (Å²) < 4.78 is 0. The molecule has 0 saturated carbocycles. The molecule has 2 atom stereocenters. The van der Waals surface area contributed by atoms with Crippen LogP contribution in [0.3, 0.4) is 0 Å². The average Bonchev–Trinajstić information content (AvgIpc) is 3.53. The second-order valence-corrected chi connectivity index (χ2v) is 9.42. The van der Waals surface area contributed by atoms with E-state index in [0.717, 1.165) is 29.7 Å². The average molecular weight is 555 g/mol. The summed E-state index contributed by atoms with van der Waals surface area (Å²) in [6, 6.07) is 26.6. The number of rotatable bonds is 11. The fraction of sp³-hybridized carbons (Fsp3) is 0.324. The zero-order valence-corrected chi connectivity index (χ0v) is 25.2. The van der Waals surface area contributed by atoms with E-state index in [9.17, 15) is 5.11 Å². The SMILES string of the molecule is C=C/C(=C\C=N)c1ccc(C(C=C)CN[C@H](CC)CO)cc1.CC.OCc1ccccc1.c1ccc2c(c1)CCC2. The summed E-state index contributed by atoms with van der Waals surface area (Å²) in [6.07, 6.45) is 11.5. The van der Waals surface area contributed by atoms with Crippen LogP contribution in [0.1, 0.15) is 67.3 Å². The largest absolute Gasteiger partial charge is 0.395 e. The number of aliphatic hydroxyl groups excluding tert-OH is 2. The molecule has 0 radical (unpaired) electrons. The fourth-order valence-electron chi connectivity index (χ4n) is 4.36. The Morgan fingerprint density at radius 1 is 0.902 bits per heavy atom. The minimum absolute atomic E-state index is 0.129. The van der Waals surface area contributed by atoms with Crippen molar-refractivity contribution in [2.24, 2.45) is 0 Å². The lowest BCUT2D eigenvalue weighted by Gasteiger charge is -2.19. The number of fused-ring (bicyclic) bond motifs is 1. The third kappa shape index (κ3) is 13.1. The molecule has 0 saturated heterocycles. The number of aliphatic hydroxyl groups is 2. The Bertz CT molecular complexity index is 1130. The molecular weight excluding hydrogens is 504 g/mol. The zero-order valence-electron chi connectivity index (χ0n) is 25.2. The van der Waals surface area contributed by atoms with Crippen molar-refractivity contribution in [3.8, 4) is 0 Å². The summed E-state index contributed by atoms with van der Waals surface area (Å²) in [5.74, 6) is 0.202. The van der Waals surface area contributed by atoms with Crippen molar-refractivity contribution < 1.29 is 10.2 Å². The number of benzene rings is 3. The fourth-order valence-corrected chi connectivity index (χ4v) is 4.36. The van der Waals surface area contributed by atoms with E-state index in [1.165, 1.54) is 31.0 Å². The Hall–Kier alpha value is -3.57. The molecule has 4 rings (SSSR count). The number of allylic oxidation sites excluding steroid dienone is 3. The van der Waals surface area contributed by atoms with Gasteiger partial charge in [-0.2, -0.15) is 0 Å². The molecule has 220 valence electrons. The summed E-state index contributed by atoms with van der Waals surface area (Å²) in [6.45, 7) is 14.8. The number of hydrogen-bond acceptors (Lipinski definition) is 4. The highest BCUT2D eigenvalue weighted by Gasteiger charge is 2.11. The Balaban J connectivity index is 0.000000356. The lowest BCUT2D eigenvalue weighted by atomic mass is 9.95. The van der Waals surface area contributed by atoms with Crippen molar-refractivity contribution in [3.63, 3.8) is 0 Å². The normalized spacial score (nSPS) is 13.0. The van der Waals surface area contributed by atoms with Crippen LogP contribution in [-0.2, 0) is 19.4 Å². The van der Waals surface area contributed by atoms with Crippen LogP contribution in [0.2, 0.25) is 0 Å². The van der Waals surface area contributed by atoms with Crippen LogP contribution in [0.15, 0.2) is 110 Å². The molecule has 0 aliphatic heterocycles. The molecule has 41 heavy (non-hydrogen) atoms. The molecule has 4 N–H and O–H groups in total. The molecule has 1 aliphatic carbocycles. The molecule has 0 amide bonds. The molecular formula is C37H50N2O2. The molecule has 1 aliphatic rings. The molecule has 0 fully saturated rings. The van der Waals surface area contributed by atoms with Gasteiger partial charge in [-0.1, -0.05) is 118 Å². The maximum atomic E-state index is 9.24.